The first kappa shape index (κ1) is 15.5. The molecule has 0 aliphatic rings. The van der Waals surface area contributed by atoms with Crippen molar-refractivity contribution in [1.82, 2.24) is 4.98 Å². The summed E-state index contributed by atoms with van der Waals surface area (Å²) in [6.07, 6.45) is 1.65. The van der Waals surface area contributed by atoms with E-state index in [0.29, 0.717) is 5.88 Å². The van der Waals surface area contributed by atoms with Gasteiger partial charge in [0.1, 0.15) is 5.75 Å². The van der Waals surface area contributed by atoms with Crippen LogP contribution in [0.1, 0.15) is 43.0 Å². The summed E-state index contributed by atoms with van der Waals surface area (Å²) in [5.74, 6) is 1.43. The van der Waals surface area contributed by atoms with E-state index in [2.05, 4.69) is 44.8 Å². The van der Waals surface area contributed by atoms with Crippen molar-refractivity contribution in [3.05, 3.63) is 52.7 Å². The van der Waals surface area contributed by atoms with E-state index in [0.717, 1.165) is 28.0 Å². The molecule has 0 bridgehead atoms. The third-order valence-electron chi connectivity index (χ3n) is 3.42. The fourth-order valence-corrected chi connectivity index (χ4v) is 2.25. The molecule has 0 spiro atoms. The first-order valence-corrected chi connectivity index (χ1v) is 7.16. The van der Waals surface area contributed by atoms with E-state index in [9.17, 15) is 0 Å². The first-order valence-electron chi connectivity index (χ1n) is 7.16. The highest BCUT2D eigenvalue weighted by Crippen LogP contribution is 2.35. The number of pyridine rings is 1. The van der Waals surface area contributed by atoms with Gasteiger partial charge in [0.25, 0.3) is 0 Å². The van der Waals surface area contributed by atoms with Crippen LogP contribution in [0.5, 0.6) is 11.6 Å². The molecule has 1 N–H and O–H groups in total. The highest BCUT2D eigenvalue weighted by atomic mass is 16.5. The molecule has 3 heteroatoms. The van der Waals surface area contributed by atoms with E-state index in [1.165, 1.54) is 0 Å². The summed E-state index contributed by atoms with van der Waals surface area (Å²) >= 11 is 0. The van der Waals surface area contributed by atoms with Gasteiger partial charge in [0.2, 0.25) is 5.88 Å². The average Bonchev–Trinajstić information content (AvgIpc) is 2.39. The minimum Gasteiger partial charge on any atom is -0.438 e. The maximum absolute atomic E-state index is 9.15. The molecular weight excluding hydrogens is 262 g/mol. The zero-order chi connectivity index (χ0) is 15.6. The van der Waals surface area contributed by atoms with E-state index in [1.54, 1.807) is 6.20 Å². The number of benzene rings is 1. The van der Waals surface area contributed by atoms with Crippen LogP contribution in [0, 0.1) is 13.8 Å². The monoisotopic (exact) mass is 285 g/mol. The Balaban J connectivity index is 2.41. The molecule has 0 aliphatic heterocycles. The second-order valence-electron chi connectivity index (χ2n) is 6.48. The van der Waals surface area contributed by atoms with Gasteiger partial charge in [-0.2, -0.15) is 0 Å². The Hall–Kier alpha value is -1.87. The molecule has 1 heterocycles. The predicted octanol–water partition coefficient (Wildman–Crippen LogP) is 4.28. The molecule has 0 amide bonds. The van der Waals surface area contributed by atoms with Crippen LogP contribution in [0.2, 0.25) is 0 Å². The van der Waals surface area contributed by atoms with Crippen molar-refractivity contribution in [3.63, 3.8) is 0 Å². The topological polar surface area (TPSA) is 42.4 Å². The zero-order valence-electron chi connectivity index (χ0n) is 13.4. The zero-order valence-corrected chi connectivity index (χ0v) is 13.4. The third-order valence-corrected chi connectivity index (χ3v) is 3.42. The second-order valence-corrected chi connectivity index (χ2v) is 6.48. The number of aromatic nitrogens is 1. The van der Waals surface area contributed by atoms with Gasteiger partial charge in [-0.15, -0.1) is 0 Å². The maximum atomic E-state index is 9.15. The lowest BCUT2D eigenvalue weighted by atomic mass is 9.86. The Morgan fingerprint density at radius 2 is 1.86 bits per heavy atom. The van der Waals surface area contributed by atoms with E-state index < -0.39 is 0 Å². The van der Waals surface area contributed by atoms with Gasteiger partial charge < -0.3 is 9.84 Å². The van der Waals surface area contributed by atoms with Gasteiger partial charge in [-0.25, -0.2) is 4.98 Å². The van der Waals surface area contributed by atoms with Crippen LogP contribution in [-0.2, 0) is 12.0 Å². The summed E-state index contributed by atoms with van der Waals surface area (Å²) in [6.45, 7) is 10.5. The molecule has 0 radical (unpaired) electrons. The Morgan fingerprint density at radius 3 is 2.43 bits per heavy atom. The summed E-state index contributed by atoms with van der Waals surface area (Å²) in [6, 6.07) is 8.15. The van der Waals surface area contributed by atoms with Crippen molar-refractivity contribution < 1.29 is 9.84 Å². The number of hydrogen-bond acceptors (Lipinski definition) is 3. The van der Waals surface area contributed by atoms with Crippen molar-refractivity contribution in [2.24, 2.45) is 0 Å². The number of aryl methyl sites for hydroxylation is 2. The van der Waals surface area contributed by atoms with Crippen LogP contribution in [-0.4, -0.2) is 10.1 Å². The van der Waals surface area contributed by atoms with Crippen LogP contribution in [0.15, 0.2) is 30.5 Å². The van der Waals surface area contributed by atoms with Crippen LogP contribution in [0.3, 0.4) is 0 Å². The Bertz CT molecular complexity index is 642. The molecule has 112 valence electrons. The lowest BCUT2D eigenvalue weighted by Crippen LogP contribution is -2.13. The molecule has 0 fully saturated rings. The summed E-state index contributed by atoms with van der Waals surface area (Å²) < 4.78 is 6.05. The second kappa shape index (κ2) is 5.86. The average molecular weight is 285 g/mol. The molecule has 0 unspecified atom stereocenters. The highest BCUT2D eigenvalue weighted by molar-refractivity contribution is 5.44. The highest BCUT2D eigenvalue weighted by Gasteiger charge is 2.20. The number of aliphatic hydroxyl groups is 1. The van der Waals surface area contributed by atoms with Crippen molar-refractivity contribution in [1.29, 1.82) is 0 Å². The van der Waals surface area contributed by atoms with Gasteiger partial charge in [0, 0.05) is 17.3 Å². The van der Waals surface area contributed by atoms with Crippen molar-refractivity contribution in [3.8, 4) is 11.6 Å². The molecule has 0 aliphatic carbocycles. The smallest absolute Gasteiger partial charge is 0.222 e. The van der Waals surface area contributed by atoms with Gasteiger partial charge >= 0.3 is 0 Å². The number of rotatable bonds is 3. The Labute approximate surface area is 126 Å². The Morgan fingerprint density at radius 1 is 1.14 bits per heavy atom. The van der Waals surface area contributed by atoms with Crippen LogP contribution < -0.4 is 4.74 Å². The van der Waals surface area contributed by atoms with Crippen LogP contribution in [0.4, 0.5) is 0 Å². The van der Waals surface area contributed by atoms with E-state index in [4.69, 9.17) is 9.84 Å². The fourth-order valence-electron chi connectivity index (χ4n) is 2.25. The van der Waals surface area contributed by atoms with Gasteiger partial charge in [-0.1, -0.05) is 32.9 Å². The minimum atomic E-state index is -0.00813. The van der Waals surface area contributed by atoms with Crippen molar-refractivity contribution in [2.75, 3.05) is 0 Å². The minimum absolute atomic E-state index is 0.00196. The largest absolute Gasteiger partial charge is 0.438 e. The predicted molar refractivity (Wildman–Crippen MR) is 84.8 cm³/mol. The number of ether oxygens (including phenoxy) is 1. The molecule has 0 saturated heterocycles. The van der Waals surface area contributed by atoms with Crippen LogP contribution in [0.25, 0.3) is 0 Å². The fraction of sp³-hybridized carbons (Fsp3) is 0.389. The lowest BCUT2D eigenvalue weighted by Gasteiger charge is -2.23. The number of aliphatic hydroxyl groups excluding tert-OH is 1. The van der Waals surface area contributed by atoms with Gasteiger partial charge in [0.15, 0.2) is 0 Å². The molecule has 1 aromatic heterocycles. The first-order chi connectivity index (χ1) is 9.81. The van der Waals surface area contributed by atoms with Crippen molar-refractivity contribution in [2.45, 2.75) is 46.6 Å². The van der Waals surface area contributed by atoms with Gasteiger partial charge in [-0.05, 0) is 42.5 Å². The SMILES string of the molecule is Cc1ccc(C(C)(C)C)c(Oc2ncc(CO)cc2C)c1. The van der Waals surface area contributed by atoms with Crippen LogP contribution >= 0.6 is 0 Å². The molecule has 21 heavy (non-hydrogen) atoms. The summed E-state index contributed by atoms with van der Waals surface area (Å²) in [5.41, 5.74) is 4.02. The molecule has 0 saturated carbocycles. The molecule has 2 aromatic rings. The Kier molecular flexibility index (Phi) is 4.33. The van der Waals surface area contributed by atoms with E-state index in [-0.39, 0.29) is 12.0 Å². The number of nitrogens with zero attached hydrogens (tertiary/aromatic N) is 1. The van der Waals surface area contributed by atoms with Gasteiger partial charge in [-0.3, -0.25) is 0 Å². The maximum Gasteiger partial charge on any atom is 0.222 e. The summed E-state index contributed by atoms with van der Waals surface area (Å²) in [7, 11) is 0. The molecule has 1 aromatic carbocycles. The lowest BCUT2D eigenvalue weighted by molar-refractivity contribution is 0.281. The normalized spacial score (nSPS) is 11.5. The quantitative estimate of drug-likeness (QED) is 0.915. The van der Waals surface area contributed by atoms with E-state index >= 15 is 0 Å². The standard InChI is InChI=1S/C18H23NO2/c1-12-6-7-15(18(3,4)5)16(8-12)21-17-13(2)9-14(11-20)10-19-17/h6-10,20H,11H2,1-5H3. The van der Waals surface area contributed by atoms with E-state index in [1.807, 2.05) is 19.1 Å². The summed E-state index contributed by atoms with van der Waals surface area (Å²) in [4.78, 5) is 4.31. The molecule has 0 atom stereocenters. The molecule has 3 nitrogen and oxygen atoms in total. The summed E-state index contributed by atoms with van der Waals surface area (Å²) in [5, 5.41) is 9.15. The third kappa shape index (κ3) is 3.61. The molecule has 2 rings (SSSR count). The number of hydrogen-bond donors (Lipinski definition) is 1. The van der Waals surface area contributed by atoms with Gasteiger partial charge in [0.05, 0.1) is 6.61 Å². The molecular formula is C18H23NO2. The van der Waals surface area contributed by atoms with Crippen molar-refractivity contribution >= 4 is 0 Å².